The summed E-state index contributed by atoms with van der Waals surface area (Å²) in [5, 5.41) is 16.2. The van der Waals surface area contributed by atoms with Crippen molar-refractivity contribution in [2.45, 2.75) is 38.5 Å². The van der Waals surface area contributed by atoms with Gasteiger partial charge in [-0.05, 0) is 75.4 Å². The van der Waals surface area contributed by atoms with Gasteiger partial charge in [0.1, 0.15) is 11.5 Å². The molecule has 0 spiro atoms. The number of carbonyl (C=O) groups is 1. The summed E-state index contributed by atoms with van der Waals surface area (Å²) >= 11 is 0. The lowest BCUT2D eigenvalue weighted by Crippen LogP contribution is -2.30. The molecule has 204 valence electrons. The summed E-state index contributed by atoms with van der Waals surface area (Å²) in [5.41, 5.74) is 5.95. The van der Waals surface area contributed by atoms with E-state index >= 15 is 0 Å². The summed E-state index contributed by atoms with van der Waals surface area (Å²) in [6.07, 6.45) is 13.4. The summed E-state index contributed by atoms with van der Waals surface area (Å²) in [6.45, 7) is 4.04. The minimum Gasteiger partial charge on any atom is -0.356 e. The van der Waals surface area contributed by atoms with Gasteiger partial charge in [0.15, 0.2) is 0 Å². The van der Waals surface area contributed by atoms with Crippen molar-refractivity contribution in [1.29, 1.82) is 0 Å². The van der Waals surface area contributed by atoms with Gasteiger partial charge in [-0.15, -0.1) is 0 Å². The molecular weight excluding hydrogens is 502 g/mol. The molecule has 2 aliphatic rings. The first-order chi connectivity index (χ1) is 19.7. The Labute approximate surface area is 232 Å². The minimum atomic E-state index is 0.0311. The minimum absolute atomic E-state index is 0.0311. The summed E-state index contributed by atoms with van der Waals surface area (Å²) in [4.78, 5) is 32.4. The molecule has 0 radical (unpaired) electrons. The van der Waals surface area contributed by atoms with Crippen LogP contribution in [0.25, 0.3) is 44.5 Å². The van der Waals surface area contributed by atoms with Crippen LogP contribution < -0.4 is 15.5 Å². The fraction of sp³-hybridized carbons (Fsp3) is 0.367. The number of amides is 1. The smallest absolute Gasteiger partial charge is 0.224 e. The van der Waals surface area contributed by atoms with Crippen LogP contribution in [0.4, 0.5) is 11.5 Å². The Hall–Kier alpha value is -4.31. The zero-order chi connectivity index (χ0) is 26.9. The fourth-order valence-corrected chi connectivity index (χ4v) is 6.01. The number of fused-ring (bicyclic) bond motifs is 2. The van der Waals surface area contributed by atoms with Gasteiger partial charge in [-0.25, -0.2) is 4.98 Å². The number of anilines is 2. The molecule has 7 heterocycles. The van der Waals surface area contributed by atoms with Gasteiger partial charge in [0.25, 0.3) is 0 Å². The van der Waals surface area contributed by atoms with Crippen LogP contribution in [-0.2, 0) is 4.79 Å². The SMILES string of the molecule is O=C(CC1CCNCC1)Nc1cncc(-c2cc3c(-c4cc5c(N6CCCCC6)nccc5[nH]4)n[nH]c3cn2)c1. The molecule has 0 bridgehead atoms. The molecule has 0 aromatic carbocycles. The number of aromatic nitrogens is 6. The van der Waals surface area contributed by atoms with Gasteiger partial charge in [0, 0.05) is 48.2 Å². The number of piperidine rings is 2. The quantitative estimate of drug-likeness (QED) is 0.244. The van der Waals surface area contributed by atoms with Crippen molar-refractivity contribution in [2.24, 2.45) is 5.92 Å². The van der Waals surface area contributed by atoms with Gasteiger partial charge in [-0.3, -0.25) is 19.9 Å². The molecule has 2 aliphatic heterocycles. The third-order valence-electron chi connectivity index (χ3n) is 8.14. The molecule has 10 heteroatoms. The maximum absolute atomic E-state index is 12.7. The second kappa shape index (κ2) is 10.7. The predicted octanol–water partition coefficient (Wildman–Crippen LogP) is 4.88. The number of hydrogen-bond donors (Lipinski definition) is 4. The second-order valence-electron chi connectivity index (χ2n) is 10.9. The highest BCUT2D eigenvalue weighted by atomic mass is 16.1. The lowest BCUT2D eigenvalue weighted by molar-refractivity contribution is -0.117. The van der Waals surface area contributed by atoms with Gasteiger partial charge < -0.3 is 20.5 Å². The molecule has 4 N–H and O–H groups in total. The molecule has 5 aromatic rings. The van der Waals surface area contributed by atoms with Crippen LogP contribution in [-0.4, -0.2) is 62.2 Å². The Morgan fingerprint density at radius 2 is 1.85 bits per heavy atom. The van der Waals surface area contributed by atoms with Crippen LogP contribution in [0.5, 0.6) is 0 Å². The van der Waals surface area contributed by atoms with Crippen LogP contribution in [0.15, 0.2) is 49.1 Å². The van der Waals surface area contributed by atoms with E-state index in [2.05, 4.69) is 46.7 Å². The van der Waals surface area contributed by atoms with Gasteiger partial charge >= 0.3 is 0 Å². The molecule has 0 atom stereocenters. The standard InChI is InChI=1S/C30H33N9O/c40-28(12-19-4-7-31-8-5-19)35-21-13-20(16-32-17-21)25-14-22-27(18-34-25)37-38-29(22)26-15-23-24(36-26)6-9-33-30(23)39-10-2-1-3-11-39/h6,9,13-19,31,36H,1-5,7-8,10-12H2,(H,35,40)(H,37,38). The van der Waals surface area contributed by atoms with Crippen molar-refractivity contribution in [3.05, 3.63) is 49.1 Å². The highest BCUT2D eigenvalue weighted by molar-refractivity contribution is 5.99. The zero-order valence-corrected chi connectivity index (χ0v) is 22.4. The van der Waals surface area contributed by atoms with Crippen LogP contribution in [0, 0.1) is 5.92 Å². The molecular formula is C30H33N9O. The molecule has 0 aliphatic carbocycles. The highest BCUT2D eigenvalue weighted by Gasteiger charge is 2.20. The summed E-state index contributed by atoms with van der Waals surface area (Å²) in [6, 6.07) is 8.13. The topological polar surface area (TPSA) is 128 Å². The molecule has 0 unspecified atom stereocenters. The van der Waals surface area contributed by atoms with E-state index in [4.69, 9.17) is 4.98 Å². The van der Waals surface area contributed by atoms with E-state index in [-0.39, 0.29) is 5.91 Å². The largest absolute Gasteiger partial charge is 0.356 e. The third-order valence-corrected chi connectivity index (χ3v) is 8.14. The first-order valence-electron chi connectivity index (χ1n) is 14.2. The number of nitrogens with zero attached hydrogens (tertiary/aromatic N) is 5. The average Bonchev–Trinajstić information content (AvgIpc) is 3.62. The Bertz CT molecular complexity index is 1660. The predicted molar refractivity (Wildman–Crippen MR) is 157 cm³/mol. The van der Waals surface area contributed by atoms with E-state index in [1.165, 1.54) is 19.3 Å². The Kier molecular flexibility index (Phi) is 6.60. The van der Waals surface area contributed by atoms with Crippen molar-refractivity contribution in [1.82, 2.24) is 35.5 Å². The maximum atomic E-state index is 12.7. The third kappa shape index (κ3) is 4.90. The first kappa shape index (κ1) is 24.7. The van der Waals surface area contributed by atoms with E-state index < -0.39 is 0 Å². The number of nitrogens with one attached hydrogen (secondary N) is 4. The van der Waals surface area contributed by atoms with Crippen molar-refractivity contribution in [3.8, 4) is 22.6 Å². The first-order valence-corrected chi connectivity index (χ1v) is 14.2. The Morgan fingerprint density at radius 3 is 2.73 bits per heavy atom. The van der Waals surface area contributed by atoms with Gasteiger partial charge in [0.2, 0.25) is 5.91 Å². The molecule has 40 heavy (non-hydrogen) atoms. The van der Waals surface area contributed by atoms with E-state index in [0.717, 1.165) is 89.3 Å². The molecule has 2 saturated heterocycles. The number of pyridine rings is 3. The van der Waals surface area contributed by atoms with Crippen LogP contribution in [0.1, 0.15) is 38.5 Å². The monoisotopic (exact) mass is 535 g/mol. The van der Waals surface area contributed by atoms with Crippen LogP contribution in [0.3, 0.4) is 0 Å². The normalized spacial score (nSPS) is 16.6. The Balaban J connectivity index is 1.17. The molecule has 10 nitrogen and oxygen atoms in total. The average molecular weight is 536 g/mol. The van der Waals surface area contributed by atoms with Crippen molar-refractivity contribution < 1.29 is 4.79 Å². The summed E-state index contributed by atoms with van der Waals surface area (Å²) < 4.78 is 0. The molecule has 0 saturated carbocycles. The van der Waals surface area contributed by atoms with Crippen molar-refractivity contribution >= 4 is 39.2 Å². The number of H-pyrrole nitrogens is 2. The summed E-state index contributed by atoms with van der Waals surface area (Å²) in [7, 11) is 0. The lowest BCUT2D eigenvalue weighted by Gasteiger charge is -2.28. The second-order valence-corrected chi connectivity index (χ2v) is 10.9. The molecule has 1 amide bonds. The summed E-state index contributed by atoms with van der Waals surface area (Å²) in [5.74, 6) is 1.49. The van der Waals surface area contributed by atoms with Crippen LogP contribution >= 0.6 is 0 Å². The number of aromatic amines is 2. The number of rotatable bonds is 6. The van der Waals surface area contributed by atoms with Crippen LogP contribution in [0.2, 0.25) is 0 Å². The zero-order valence-electron chi connectivity index (χ0n) is 22.4. The molecule has 5 aromatic heterocycles. The van der Waals surface area contributed by atoms with Gasteiger partial charge in [0.05, 0.1) is 40.5 Å². The highest BCUT2D eigenvalue weighted by Crippen LogP contribution is 2.34. The van der Waals surface area contributed by atoms with Gasteiger partial charge in [-0.2, -0.15) is 5.10 Å². The van der Waals surface area contributed by atoms with E-state index in [0.29, 0.717) is 18.0 Å². The van der Waals surface area contributed by atoms with Crippen molar-refractivity contribution in [3.63, 3.8) is 0 Å². The van der Waals surface area contributed by atoms with Gasteiger partial charge in [-0.1, -0.05) is 0 Å². The molecule has 2 fully saturated rings. The maximum Gasteiger partial charge on any atom is 0.224 e. The van der Waals surface area contributed by atoms with Crippen molar-refractivity contribution in [2.75, 3.05) is 36.4 Å². The molecule has 7 rings (SSSR count). The fourth-order valence-electron chi connectivity index (χ4n) is 6.01. The van der Waals surface area contributed by atoms with E-state index in [9.17, 15) is 4.79 Å². The number of carbonyl (C=O) groups excluding carboxylic acids is 1. The number of hydrogen-bond acceptors (Lipinski definition) is 7. The van der Waals surface area contributed by atoms with E-state index in [1.807, 2.05) is 24.4 Å². The van der Waals surface area contributed by atoms with E-state index in [1.54, 1.807) is 18.6 Å². The Morgan fingerprint density at radius 1 is 0.975 bits per heavy atom. The lowest BCUT2D eigenvalue weighted by atomic mass is 9.94.